The largest absolute Gasteiger partial charge is 0.435 e. The highest BCUT2D eigenvalue weighted by Crippen LogP contribution is 2.48. The van der Waals surface area contributed by atoms with Gasteiger partial charge in [0.2, 0.25) is 0 Å². The Kier molecular flexibility index (Phi) is 3.55. The second-order valence-electron chi connectivity index (χ2n) is 4.51. The molecular weight excluding hydrogens is 271 g/mol. The normalized spacial score (nSPS) is 26.8. The molecule has 1 aromatic rings. The predicted molar refractivity (Wildman–Crippen MR) is 55.8 cm³/mol. The Morgan fingerprint density at radius 1 is 1.32 bits per heavy atom. The van der Waals surface area contributed by atoms with Crippen molar-refractivity contribution in [3.63, 3.8) is 0 Å². The SMILES string of the molecule is CCCCn1nc(C(F)(F)F)c2c1[C@H](F)[C@@H](F)[C@H]2O. The van der Waals surface area contributed by atoms with Crippen LogP contribution in [0.15, 0.2) is 0 Å². The standard InChI is InChI=1S/C11H13F5N2O/c1-2-3-4-18-8-5(9(19)7(13)6(8)12)10(17-18)11(14,15)16/h6-7,9,19H,2-4H2,1H3/t6-,7-,9+/m1/s1. The molecule has 0 spiro atoms. The number of alkyl halides is 5. The van der Waals surface area contributed by atoms with Crippen LogP contribution >= 0.6 is 0 Å². The van der Waals surface area contributed by atoms with Crippen LogP contribution in [0.4, 0.5) is 22.0 Å². The number of aromatic nitrogens is 2. The van der Waals surface area contributed by atoms with Crippen molar-refractivity contribution in [2.24, 2.45) is 0 Å². The first-order chi connectivity index (χ1) is 8.79. The van der Waals surface area contributed by atoms with Gasteiger partial charge in [-0.1, -0.05) is 13.3 Å². The van der Waals surface area contributed by atoms with Crippen molar-refractivity contribution in [3.8, 4) is 0 Å². The number of fused-ring (bicyclic) bond motifs is 1. The highest BCUT2D eigenvalue weighted by atomic mass is 19.4. The van der Waals surface area contributed by atoms with Gasteiger partial charge in [-0.15, -0.1) is 0 Å². The van der Waals surface area contributed by atoms with Gasteiger partial charge in [-0.05, 0) is 6.42 Å². The summed E-state index contributed by atoms with van der Waals surface area (Å²) in [6.45, 7) is 1.88. The zero-order valence-electron chi connectivity index (χ0n) is 10.1. The number of aryl methyl sites for hydroxylation is 1. The van der Waals surface area contributed by atoms with Gasteiger partial charge in [0.05, 0.1) is 5.69 Å². The molecule has 0 bridgehead atoms. The van der Waals surface area contributed by atoms with E-state index in [4.69, 9.17) is 0 Å². The first kappa shape index (κ1) is 14.2. The molecule has 8 heteroatoms. The van der Waals surface area contributed by atoms with Crippen molar-refractivity contribution in [1.29, 1.82) is 0 Å². The summed E-state index contributed by atoms with van der Waals surface area (Å²) in [4.78, 5) is 0. The quantitative estimate of drug-likeness (QED) is 0.866. The van der Waals surface area contributed by atoms with E-state index in [9.17, 15) is 27.1 Å². The number of nitrogens with zero attached hydrogens (tertiary/aromatic N) is 2. The molecule has 0 unspecified atom stereocenters. The number of hydrogen-bond acceptors (Lipinski definition) is 2. The second-order valence-corrected chi connectivity index (χ2v) is 4.51. The van der Waals surface area contributed by atoms with Crippen LogP contribution in [0, 0.1) is 0 Å². The molecule has 1 aliphatic carbocycles. The Morgan fingerprint density at radius 3 is 2.47 bits per heavy atom. The minimum Gasteiger partial charge on any atom is -0.385 e. The molecule has 3 atom stereocenters. The summed E-state index contributed by atoms with van der Waals surface area (Å²) in [7, 11) is 0. The van der Waals surface area contributed by atoms with Crippen LogP contribution in [-0.2, 0) is 12.7 Å². The van der Waals surface area contributed by atoms with Gasteiger partial charge >= 0.3 is 6.18 Å². The molecule has 0 aliphatic heterocycles. The van der Waals surface area contributed by atoms with Crippen LogP contribution in [-0.4, -0.2) is 21.1 Å². The summed E-state index contributed by atoms with van der Waals surface area (Å²) >= 11 is 0. The summed E-state index contributed by atoms with van der Waals surface area (Å²) in [5.74, 6) is 0. The molecule has 0 radical (unpaired) electrons. The molecule has 19 heavy (non-hydrogen) atoms. The molecule has 1 heterocycles. The maximum absolute atomic E-state index is 13.7. The average Bonchev–Trinajstić information content (AvgIpc) is 2.80. The van der Waals surface area contributed by atoms with E-state index in [1.807, 2.05) is 6.92 Å². The van der Waals surface area contributed by atoms with Crippen LogP contribution in [0.1, 0.15) is 49.0 Å². The molecule has 1 aliphatic rings. The van der Waals surface area contributed by atoms with Crippen molar-refractivity contribution in [2.75, 3.05) is 0 Å². The lowest BCUT2D eigenvalue weighted by molar-refractivity contribution is -0.143. The van der Waals surface area contributed by atoms with E-state index in [0.717, 1.165) is 4.68 Å². The molecule has 0 saturated heterocycles. The van der Waals surface area contributed by atoms with E-state index >= 15 is 0 Å². The first-order valence-corrected chi connectivity index (χ1v) is 5.93. The number of hydrogen-bond donors (Lipinski definition) is 1. The topological polar surface area (TPSA) is 38.0 Å². The fourth-order valence-electron chi connectivity index (χ4n) is 2.23. The summed E-state index contributed by atoms with van der Waals surface area (Å²) in [6.07, 6.45) is -10.4. The molecule has 2 rings (SSSR count). The Hall–Kier alpha value is -1.18. The number of rotatable bonds is 3. The lowest BCUT2D eigenvalue weighted by Gasteiger charge is -2.11. The summed E-state index contributed by atoms with van der Waals surface area (Å²) in [5, 5.41) is 12.7. The zero-order chi connectivity index (χ0) is 14.4. The van der Waals surface area contributed by atoms with Gasteiger partial charge in [0.1, 0.15) is 6.10 Å². The smallest absolute Gasteiger partial charge is 0.385 e. The molecule has 1 aromatic heterocycles. The van der Waals surface area contributed by atoms with Crippen molar-refractivity contribution < 1.29 is 27.1 Å². The maximum Gasteiger partial charge on any atom is 0.435 e. The van der Waals surface area contributed by atoms with Gasteiger partial charge < -0.3 is 5.11 Å². The zero-order valence-corrected chi connectivity index (χ0v) is 10.1. The lowest BCUT2D eigenvalue weighted by atomic mass is 10.1. The van der Waals surface area contributed by atoms with Crippen molar-refractivity contribution in [3.05, 3.63) is 17.0 Å². The fourth-order valence-corrected chi connectivity index (χ4v) is 2.23. The van der Waals surface area contributed by atoms with Crippen LogP contribution in [0.3, 0.4) is 0 Å². The average molecular weight is 284 g/mol. The van der Waals surface area contributed by atoms with Gasteiger partial charge in [-0.2, -0.15) is 18.3 Å². The molecule has 0 saturated carbocycles. The summed E-state index contributed by atoms with van der Waals surface area (Å²) < 4.78 is 66.2. The Bertz CT molecular complexity index is 470. The molecule has 0 aromatic carbocycles. The van der Waals surface area contributed by atoms with Gasteiger partial charge in [0, 0.05) is 12.1 Å². The summed E-state index contributed by atoms with van der Waals surface area (Å²) in [6, 6.07) is 0. The Balaban J connectivity index is 2.52. The maximum atomic E-state index is 13.7. The van der Waals surface area contributed by atoms with Crippen LogP contribution < -0.4 is 0 Å². The lowest BCUT2D eigenvalue weighted by Crippen LogP contribution is -2.17. The molecule has 108 valence electrons. The number of halogens is 5. The predicted octanol–water partition coefficient (Wildman–Crippen LogP) is 3.10. The summed E-state index contributed by atoms with van der Waals surface area (Å²) in [5.41, 5.74) is -2.64. The third kappa shape index (κ3) is 2.22. The van der Waals surface area contributed by atoms with Crippen LogP contribution in [0.25, 0.3) is 0 Å². The fraction of sp³-hybridized carbons (Fsp3) is 0.727. The molecule has 1 N–H and O–H groups in total. The number of unbranched alkanes of at least 4 members (excludes halogenated alkanes) is 1. The van der Waals surface area contributed by atoms with E-state index in [0.29, 0.717) is 12.8 Å². The van der Waals surface area contributed by atoms with E-state index in [1.165, 1.54) is 0 Å². The minimum absolute atomic E-state index is 0.0643. The third-order valence-corrected chi connectivity index (χ3v) is 3.16. The first-order valence-electron chi connectivity index (χ1n) is 5.93. The molecule has 0 fully saturated rings. The number of aliphatic hydroxyl groups excluding tert-OH is 1. The third-order valence-electron chi connectivity index (χ3n) is 3.16. The Morgan fingerprint density at radius 2 is 1.95 bits per heavy atom. The minimum atomic E-state index is -4.84. The van der Waals surface area contributed by atoms with E-state index in [2.05, 4.69) is 5.10 Å². The van der Waals surface area contributed by atoms with Gasteiger partial charge in [0.25, 0.3) is 0 Å². The van der Waals surface area contributed by atoms with Crippen LogP contribution in [0.2, 0.25) is 0 Å². The van der Waals surface area contributed by atoms with Crippen LogP contribution in [0.5, 0.6) is 0 Å². The van der Waals surface area contributed by atoms with Crippen molar-refractivity contribution in [2.45, 2.75) is 50.9 Å². The van der Waals surface area contributed by atoms with Gasteiger partial charge in [-0.25, -0.2) is 8.78 Å². The van der Waals surface area contributed by atoms with E-state index in [-0.39, 0.29) is 6.54 Å². The van der Waals surface area contributed by atoms with Gasteiger partial charge in [-0.3, -0.25) is 4.68 Å². The molecule has 3 nitrogen and oxygen atoms in total. The second kappa shape index (κ2) is 4.73. The van der Waals surface area contributed by atoms with E-state index < -0.39 is 41.6 Å². The molecule has 0 amide bonds. The highest BCUT2D eigenvalue weighted by molar-refractivity contribution is 5.38. The highest BCUT2D eigenvalue weighted by Gasteiger charge is 2.51. The Labute approximate surface area is 106 Å². The van der Waals surface area contributed by atoms with Crippen molar-refractivity contribution >= 4 is 0 Å². The van der Waals surface area contributed by atoms with E-state index in [1.54, 1.807) is 0 Å². The monoisotopic (exact) mass is 284 g/mol. The number of aliphatic hydroxyl groups is 1. The van der Waals surface area contributed by atoms with Gasteiger partial charge in [0.15, 0.2) is 18.0 Å². The molecular formula is C11H13F5N2O. The van der Waals surface area contributed by atoms with Crippen molar-refractivity contribution in [1.82, 2.24) is 9.78 Å².